The van der Waals surface area contributed by atoms with E-state index in [0.29, 0.717) is 33.4 Å². The normalized spacial score (nSPS) is 13.6. The number of aliphatic hydroxyl groups is 1. The molecule has 0 aliphatic carbocycles. The van der Waals surface area contributed by atoms with Crippen molar-refractivity contribution in [3.05, 3.63) is 68.7 Å². The molecule has 4 rings (SSSR count). The number of hydrogen-bond acceptors (Lipinski definition) is 8. The maximum atomic E-state index is 13.4. The molecule has 3 aromatic heterocycles. The van der Waals surface area contributed by atoms with Gasteiger partial charge < -0.3 is 14.3 Å². The number of ether oxygens (including phenoxy) is 1. The van der Waals surface area contributed by atoms with Crippen molar-refractivity contribution in [3.8, 4) is 17.1 Å². The van der Waals surface area contributed by atoms with Gasteiger partial charge in [-0.25, -0.2) is 9.19 Å². The Morgan fingerprint density at radius 1 is 1.29 bits per heavy atom. The van der Waals surface area contributed by atoms with Gasteiger partial charge in [-0.15, -0.1) is 4.89 Å². The third kappa shape index (κ3) is 5.97. The lowest BCUT2D eigenvalue weighted by molar-refractivity contribution is 0.0577. The summed E-state index contributed by atoms with van der Waals surface area (Å²) >= 11 is 6.02. The molecule has 0 aliphatic heterocycles. The van der Waals surface area contributed by atoms with Crippen molar-refractivity contribution in [2.75, 3.05) is 7.11 Å². The van der Waals surface area contributed by atoms with Crippen molar-refractivity contribution in [1.29, 1.82) is 0 Å². The van der Waals surface area contributed by atoms with Gasteiger partial charge in [0.15, 0.2) is 27.2 Å². The number of aromatic nitrogens is 3. The minimum atomic E-state index is -1.84. The predicted octanol–water partition coefficient (Wildman–Crippen LogP) is 4.41. The average molecular weight is 561 g/mol. The molecule has 0 bridgehead atoms. The summed E-state index contributed by atoms with van der Waals surface area (Å²) in [6.45, 7) is 9.03. The molecule has 1 aromatic carbocycles. The van der Waals surface area contributed by atoms with Crippen molar-refractivity contribution in [2.45, 2.75) is 57.9 Å². The Labute approximate surface area is 227 Å². The van der Waals surface area contributed by atoms with E-state index >= 15 is 0 Å². The molecule has 0 saturated carbocycles. The molecule has 0 spiro atoms. The van der Waals surface area contributed by atoms with Gasteiger partial charge in [0, 0.05) is 17.3 Å². The van der Waals surface area contributed by atoms with E-state index in [1.807, 2.05) is 13.0 Å². The van der Waals surface area contributed by atoms with Crippen molar-refractivity contribution < 1.29 is 23.3 Å². The Morgan fingerprint density at radius 3 is 2.71 bits per heavy atom. The summed E-state index contributed by atoms with van der Waals surface area (Å²) in [5, 5.41) is 15.1. The second-order valence-electron chi connectivity index (χ2n) is 9.61. The summed E-state index contributed by atoms with van der Waals surface area (Å²) < 4.78 is 26.7. The van der Waals surface area contributed by atoms with E-state index in [1.165, 1.54) is 13.2 Å². The van der Waals surface area contributed by atoms with Crippen molar-refractivity contribution in [3.63, 3.8) is 0 Å². The van der Waals surface area contributed by atoms with Gasteiger partial charge in [-0.05, 0) is 64.4 Å². The number of rotatable bonds is 9. The standard InChI is InChI=1S/C26H29ClN4O6S/c1-14-9-18(16(3)36-20-7-8-21(27)29-25(20)38(34)30-35-6)24-19(10-14)22(32)15(2)23(37-24)17-11-28-31(12-17)13-26(4,5)33/h7-12,16,30,33H,13H2,1-6H3. The van der Waals surface area contributed by atoms with Crippen LogP contribution in [0.25, 0.3) is 22.3 Å². The molecule has 0 amide bonds. The van der Waals surface area contributed by atoms with E-state index in [1.54, 1.807) is 56.9 Å². The van der Waals surface area contributed by atoms with Crippen LogP contribution in [0, 0.1) is 13.8 Å². The highest BCUT2D eigenvalue weighted by atomic mass is 35.5. The van der Waals surface area contributed by atoms with Gasteiger partial charge in [0.05, 0.1) is 36.4 Å². The molecule has 0 saturated heterocycles. The van der Waals surface area contributed by atoms with Crippen molar-refractivity contribution >= 4 is 33.6 Å². The zero-order chi connectivity index (χ0) is 27.8. The van der Waals surface area contributed by atoms with Crippen molar-refractivity contribution in [1.82, 2.24) is 19.6 Å². The Balaban J connectivity index is 1.81. The minimum Gasteiger partial charge on any atom is -0.483 e. The first kappa shape index (κ1) is 27.9. The third-order valence-electron chi connectivity index (χ3n) is 5.70. The van der Waals surface area contributed by atoms with Gasteiger partial charge in [0.25, 0.3) is 0 Å². The van der Waals surface area contributed by atoms with Gasteiger partial charge in [0.1, 0.15) is 22.6 Å². The van der Waals surface area contributed by atoms with Crippen LogP contribution in [0.4, 0.5) is 0 Å². The van der Waals surface area contributed by atoms with Crippen LogP contribution in [0.3, 0.4) is 0 Å². The average Bonchev–Trinajstić information content (AvgIpc) is 3.28. The van der Waals surface area contributed by atoms with Crippen LogP contribution in [0.2, 0.25) is 5.15 Å². The zero-order valence-corrected chi connectivity index (χ0v) is 23.4. The summed E-state index contributed by atoms with van der Waals surface area (Å²) in [4.78, 5) is 24.7. The van der Waals surface area contributed by atoms with Gasteiger partial charge in [-0.2, -0.15) is 5.10 Å². The highest BCUT2D eigenvalue weighted by Gasteiger charge is 2.23. The molecule has 38 heavy (non-hydrogen) atoms. The van der Waals surface area contributed by atoms with Gasteiger partial charge in [0.2, 0.25) is 0 Å². The minimum absolute atomic E-state index is 0.0559. The Hall–Kier alpha value is -3.09. The summed E-state index contributed by atoms with van der Waals surface area (Å²) in [5.74, 6) is 0.600. The number of benzene rings is 1. The van der Waals surface area contributed by atoms with E-state index in [-0.39, 0.29) is 27.9 Å². The summed E-state index contributed by atoms with van der Waals surface area (Å²) in [6.07, 6.45) is 2.70. The zero-order valence-electron chi connectivity index (χ0n) is 21.9. The molecule has 2 unspecified atom stereocenters. The quantitative estimate of drug-likeness (QED) is 0.227. The molecule has 4 aromatic rings. The van der Waals surface area contributed by atoms with Crippen LogP contribution in [-0.2, 0) is 22.4 Å². The van der Waals surface area contributed by atoms with Gasteiger partial charge in [-0.3, -0.25) is 14.3 Å². The maximum Gasteiger partial charge on any atom is 0.196 e. The first-order valence-electron chi connectivity index (χ1n) is 11.7. The first-order chi connectivity index (χ1) is 17.9. The number of nitrogens with one attached hydrogen (secondary N) is 1. The number of aryl methyl sites for hydroxylation is 1. The molecular weight excluding hydrogens is 532 g/mol. The van der Waals surface area contributed by atoms with E-state index in [0.717, 1.165) is 5.56 Å². The molecule has 10 nitrogen and oxygen atoms in total. The lowest BCUT2D eigenvalue weighted by atomic mass is 10.0. The van der Waals surface area contributed by atoms with Crippen LogP contribution in [0.1, 0.15) is 43.6 Å². The molecule has 0 radical (unpaired) electrons. The van der Waals surface area contributed by atoms with E-state index in [4.69, 9.17) is 25.6 Å². The Kier molecular flexibility index (Phi) is 8.05. The molecule has 2 atom stereocenters. The molecule has 3 heterocycles. The highest BCUT2D eigenvalue weighted by molar-refractivity contribution is 7.82. The fourth-order valence-corrected chi connectivity index (χ4v) is 5.01. The lowest BCUT2D eigenvalue weighted by Gasteiger charge is -2.19. The van der Waals surface area contributed by atoms with Crippen LogP contribution >= 0.6 is 11.6 Å². The molecule has 202 valence electrons. The Morgan fingerprint density at radius 2 is 2.03 bits per heavy atom. The van der Waals surface area contributed by atoms with Gasteiger partial charge in [-0.1, -0.05) is 11.6 Å². The first-order valence-corrected chi connectivity index (χ1v) is 13.3. The monoisotopic (exact) mass is 560 g/mol. The number of halogens is 1. The fraction of sp³-hybridized carbons (Fsp3) is 0.346. The number of pyridine rings is 1. The molecule has 2 N–H and O–H groups in total. The topological polar surface area (TPSA) is 129 Å². The van der Waals surface area contributed by atoms with Crippen LogP contribution in [0.15, 0.2) is 50.9 Å². The smallest absolute Gasteiger partial charge is 0.196 e. The molecular formula is C26H29ClN4O6S. The summed E-state index contributed by atoms with van der Waals surface area (Å²) in [6, 6.07) is 6.74. The fourth-order valence-electron chi connectivity index (χ4n) is 4.11. The second kappa shape index (κ2) is 11.0. The highest BCUT2D eigenvalue weighted by Crippen LogP contribution is 2.34. The summed E-state index contributed by atoms with van der Waals surface area (Å²) in [5.41, 5.74) is 1.74. The molecule has 0 aliphatic rings. The number of hydrogen-bond donors (Lipinski definition) is 2. The van der Waals surface area contributed by atoms with Crippen LogP contribution in [0.5, 0.6) is 5.75 Å². The molecule has 12 heteroatoms. The van der Waals surface area contributed by atoms with Crippen LogP contribution < -0.4 is 15.1 Å². The SMILES string of the molecule is CONS(=O)c1nc(Cl)ccc1OC(C)c1cc(C)cc2c(=O)c(C)c(-c3cnn(CC(C)(C)O)c3)oc12. The second-order valence-corrected chi connectivity index (χ2v) is 11.1. The number of fused-ring (bicyclic) bond motifs is 1. The van der Waals surface area contributed by atoms with E-state index in [9.17, 15) is 14.1 Å². The van der Waals surface area contributed by atoms with Crippen molar-refractivity contribution in [2.24, 2.45) is 0 Å². The van der Waals surface area contributed by atoms with Crippen LogP contribution in [-0.4, -0.2) is 36.8 Å². The largest absolute Gasteiger partial charge is 0.483 e. The maximum absolute atomic E-state index is 13.4. The van der Waals surface area contributed by atoms with Gasteiger partial charge >= 0.3 is 0 Å². The van der Waals surface area contributed by atoms with E-state index < -0.39 is 22.7 Å². The third-order valence-corrected chi connectivity index (χ3v) is 6.88. The summed E-state index contributed by atoms with van der Waals surface area (Å²) in [7, 11) is -0.510. The van der Waals surface area contributed by atoms with E-state index in [2.05, 4.69) is 15.0 Å². The molecule has 0 fully saturated rings. The lowest BCUT2D eigenvalue weighted by Crippen LogP contribution is -2.26. The predicted molar refractivity (Wildman–Crippen MR) is 144 cm³/mol. The number of nitrogens with zero attached hydrogens (tertiary/aromatic N) is 3. The Bertz CT molecular complexity index is 1580.